The minimum absolute atomic E-state index is 0.00737. The van der Waals surface area contributed by atoms with Gasteiger partial charge in [0.15, 0.2) is 0 Å². The third kappa shape index (κ3) is 12.1. The number of rotatable bonds is 24. The number of benzene rings is 4. The van der Waals surface area contributed by atoms with Crippen molar-refractivity contribution < 1.29 is 55.9 Å². The molecule has 0 amide bonds. The Morgan fingerprint density at radius 2 is 0.847 bits per heavy atom. The summed E-state index contributed by atoms with van der Waals surface area (Å²) in [5.41, 5.74) is 1.02. The van der Waals surface area contributed by atoms with Gasteiger partial charge in [0.2, 0.25) is 9.84 Å². The highest BCUT2D eigenvalue weighted by Gasteiger charge is 2.37. The number of ether oxygens (including phenoxy) is 8. The predicted octanol–water partition coefficient (Wildman–Crippen LogP) is 8.16. The molecule has 2 aliphatic heterocycles. The molecule has 0 aromatic heterocycles. The zero-order chi connectivity index (χ0) is 41.6. The molecule has 4 aromatic carbocycles. The van der Waals surface area contributed by atoms with Crippen LogP contribution in [0.25, 0.3) is 0 Å². The van der Waals surface area contributed by atoms with Crippen LogP contribution < -0.4 is 18.9 Å². The summed E-state index contributed by atoms with van der Waals surface area (Å²) in [6.45, 7) is 11.3. The molecule has 59 heavy (non-hydrogen) atoms. The molecule has 0 aliphatic carbocycles. The van der Waals surface area contributed by atoms with Crippen LogP contribution >= 0.6 is 0 Å². The molecular weight excluding hydrogens is 777 g/mol. The zero-order valence-electron chi connectivity index (χ0n) is 33.9. The van der Waals surface area contributed by atoms with Crippen molar-refractivity contribution in [2.24, 2.45) is 10.8 Å². The number of carbonyl (C=O) groups is 2. The van der Waals surface area contributed by atoms with Crippen molar-refractivity contribution in [1.29, 1.82) is 0 Å². The predicted molar refractivity (Wildman–Crippen MR) is 219 cm³/mol. The molecule has 0 radical (unpaired) electrons. The molecule has 6 rings (SSSR count). The summed E-state index contributed by atoms with van der Waals surface area (Å²) in [4.78, 5) is 25.6. The topological polar surface area (TPSA) is 142 Å². The Labute approximate surface area is 346 Å². The fourth-order valence-corrected chi connectivity index (χ4v) is 7.61. The Balaban J connectivity index is 0.885. The number of carbonyl (C=O) groups excluding carboxylic acids is 2. The van der Waals surface area contributed by atoms with Crippen molar-refractivity contribution in [3.63, 3.8) is 0 Å². The van der Waals surface area contributed by atoms with Crippen LogP contribution in [0, 0.1) is 10.8 Å². The lowest BCUT2D eigenvalue weighted by atomic mass is 9.84. The van der Waals surface area contributed by atoms with Crippen LogP contribution in [0.2, 0.25) is 0 Å². The highest BCUT2D eigenvalue weighted by molar-refractivity contribution is 7.91. The Hall–Kier alpha value is -4.79. The van der Waals surface area contributed by atoms with Crippen molar-refractivity contribution in [3.05, 3.63) is 108 Å². The van der Waals surface area contributed by atoms with Crippen LogP contribution in [0.3, 0.4) is 0 Å². The number of hydrogen-bond donors (Lipinski definition) is 0. The van der Waals surface area contributed by atoms with Gasteiger partial charge < -0.3 is 37.9 Å². The molecule has 0 saturated carbocycles. The van der Waals surface area contributed by atoms with Gasteiger partial charge in [-0.05, 0) is 136 Å². The minimum atomic E-state index is -3.92. The normalized spacial score (nSPS) is 15.4. The monoisotopic (exact) mass is 830 g/mol. The first-order valence-electron chi connectivity index (χ1n) is 20.3. The Kier molecular flexibility index (Phi) is 15.5. The van der Waals surface area contributed by atoms with Gasteiger partial charge in [-0.3, -0.25) is 0 Å². The van der Waals surface area contributed by atoms with Gasteiger partial charge in [0, 0.05) is 24.0 Å². The molecule has 0 atom stereocenters. The average Bonchev–Trinajstić information content (AvgIpc) is 3.22. The van der Waals surface area contributed by atoms with Gasteiger partial charge in [0.25, 0.3) is 0 Å². The Bertz CT molecular complexity index is 1890. The molecule has 12 nitrogen and oxygen atoms in total. The van der Waals surface area contributed by atoms with Gasteiger partial charge >= 0.3 is 11.9 Å². The van der Waals surface area contributed by atoms with E-state index >= 15 is 0 Å². The Morgan fingerprint density at radius 1 is 0.508 bits per heavy atom. The highest BCUT2D eigenvalue weighted by atomic mass is 32.2. The molecule has 2 heterocycles. The summed E-state index contributed by atoms with van der Waals surface area (Å²) in [5, 5.41) is 0. The quantitative estimate of drug-likeness (QED) is 0.0382. The van der Waals surface area contributed by atoms with Crippen LogP contribution in [0.15, 0.2) is 107 Å². The molecule has 2 aliphatic rings. The molecular formula is C46H54O12S. The van der Waals surface area contributed by atoms with Crippen molar-refractivity contribution in [2.75, 3.05) is 66.1 Å². The van der Waals surface area contributed by atoms with Crippen LogP contribution in [-0.2, 0) is 28.8 Å². The van der Waals surface area contributed by atoms with Crippen LogP contribution in [0.1, 0.15) is 73.1 Å². The molecule has 0 N–H and O–H groups in total. The van der Waals surface area contributed by atoms with Crippen molar-refractivity contribution in [2.45, 2.75) is 62.2 Å². The molecule has 0 spiro atoms. The largest absolute Gasteiger partial charge is 0.494 e. The second kappa shape index (κ2) is 20.9. The van der Waals surface area contributed by atoms with Crippen molar-refractivity contribution in [3.8, 4) is 23.0 Å². The minimum Gasteiger partial charge on any atom is -0.494 e. The maximum Gasteiger partial charge on any atom is 0.343 e. The fourth-order valence-electron chi connectivity index (χ4n) is 6.35. The first-order valence-corrected chi connectivity index (χ1v) is 21.8. The first kappa shape index (κ1) is 43.8. The van der Waals surface area contributed by atoms with Crippen molar-refractivity contribution >= 4 is 21.8 Å². The van der Waals surface area contributed by atoms with Crippen molar-refractivity contribution in [1.82, 2.24) is 0 Å². The number of esters is 2. The lowest BCUT2D eigenvalue weighted by molar-refractivity contribution is -0.150. The van der Waals surface area contributed by atoms with E-state index in [4.69, 9.17) is 37.9 Å². The van der Waals surface area contributed by atoms with E-state index in [2.05, 4.69) is 13.8 Å². The lowest BCUT2D eigenvalue weighted by Gasteiger charge is -2.40. The molecule has 0 bridgehead atoms. The standard InChI is InChI=1S/C46H54O12S/c1-3-45(31-53-32-45)29-51-25-5-7-27-55-37-13-9-35(10-14-37)43(47)57-39-17-21-41(22-18-39)59(49,50)42-23-19-40(20-24-42)58-44(48)36-11-15-38(16-12-36)56-28-8-6-26-52-30-46(4-2)33-54-34-46/h9-24H,3-8,25-34H2,1-2H3. The van der Waals surface area contributed by atoms with Crippen LogP contribution in [0.5, 0.6) is 23.0 Å². The summed E-state index contributed by atoms with van der Waals surface area (Å²) in [5.74, 6) is 0.477. The summed E-state index contributed by atoms with van der Waals surface area (Å²) < 4.78 is 71.6. The van der Waals surface area contributed by atoms with Crippen LogP contribution in [-0.4, -0.2) is 86.4 Å². The number of sulfone groups is 1. The summed E-state index contributed by atoms with van der Waals surface area (Å²) in [6, 6.07) is 24.5. The maximum atomic E-state index is 13.4. The molecule has 2 fully saturated rings. The third-order valence-corrected chi connectivity index (χ3v) is 12.5. The van der Waals surface area contributed by atoms with Gasteiger partial charge in [-0.1, -0.05) is 13.8 Å². The molecule has 0 unspecified atom stereocenters. The first-order chi connectivity index (χ1) is 28.6. The summed E-state index contributed by atoms with van der Waals surface area (Å²) in [7, 11) is -3.92. The van der Waals surface area contributed by atoms with E-state index in [0.29, 0.717) is 49.1 Å². The van der Waals surface area contributed by atoms with Gasteiger partial charge in [-0.15, -0.1) is 0 Å². The number of hydrogen-bond acceptors (Lipinski definition) is 12. The average molecular weight is 831 g/mol. The molecule has 316 valence electrons. The van der Waals surface area contributed by atoms with E-state index in [-0.39, 0.29) is 32.1 Å². The van der Waals surface area contributed by atoms with E-state index < -0.39 is 21.8 Å². The molecule has 2 saturated heterocycles. The van der Waals surface area contributed by atoms with E-state index in [1.54, 1.807) is 48.5 Å². The Morgan fingerprint density at radius 3 is 1.17 bits per heavy atom. The molecule has 13 heteroatoms. The van der Waals surface area contributed by atoms with E-state index in [0.717, 1.165) is 78.2 Å². The molecule has 4 aromatic rings. The number of unbranched alkanes of at least 4 members (excludes halogenated alkanes) is 2. The van der Waals surface area contributed by atoms with Gasteiger partial charge in [0.05, 0.1) is 73.8 Å². The highest BCUT2D eigenvalue weighted by Crippen LogP contribution is 2.32. The lowest BCUT2D eigenvalue weighted by Crippen LogP contribution is -2.45. The van der Waals surface area contributed by atoms with E-state index in [1.807, 2.05) is 0 Å². The smallest absolute Gasteiger partial charge is 0.343 e. The zero-order valence-corrected chi connectivity index (χ0v) is 34.7. The van der Waals surface area contributed by atoms with E-state index in [1.165, 1.54) is 48.5 Å². The van der Waals surface area contributed by atoms with Gasteiger partial charge in [-0.25, -0.2) is 18.0 Å². The van der Waals surface area contributed by atoms with E-state index in [9.17, 15) is 18.0 Å². The van der Waals surface area contributed by atoms with Crippen LogP contribution in [0.4, 0.5) is 0 Å². The third-order valence-electron chi connectivity index (χ3n) is 10.7. The maximum absolute atomic E-state index is 13.4. The second-order valence-electron chi connectivity index (χ2n) is 15.2. The van der Waals surface area contributed by atoms with Gasteiger partial charge in [-0.2, -0.15) is 0 Å². The van der Waals surface area contributed by atoms with Gasteiger partial charge in [0.1, 0.15) is 23.0 Å². The fraction of sp³-hybridized carbons (Fsp3) is 0.435. The summed E-state index contributed by atoms with van der Waals surface area (Å²) in [6.07, 6.45) is 5.57. The second-order valence-corrected chi connectivity index (χ2v) is 17.1. The SMILES string of the molecule is CCC1(COCCCCOc2ccc(C(=O)Oc3ccc(S(=O)(=O)c4ccc(OC(=O)c5ccc(OCCCCOCC6(CC)COC6)cc5)cc4)cc3)cc2)COC1. The summed E-state index contributed by atoms with van der Waals surface area (Å²) >= 11 is 0.